The van der Waals surface area contributed by atoms with Crippen LogP contribution in [0.2, 0.25) is 0 Å². The molecule has 358 valence electrons. The Bertz CT molecular complexity index is 1790. The first-order valence-electron chi connectivity index (χ1n) is 23.5. The number of nitrogens with zero attached hydrogens (tertiary/aromatic N) is 1. The number of hydrogen-bond donors (Lipinski definition) is 3. The van der Waals surface area contributed by atoms with Crippen LogP contribution in [0.3, 0.4) is 0 Å². The number of aliphatic hydroxyl groups excluding tert-OH is 2. The molecule has 3 N–H and O–H groups in total. The Morgan fingerprint density at radius 3 is 2.27 bits per heavy atom. The fourth-order valence-corrected chi connectivity index (χ4v) is 10.9. The van der Waals surface area contributed by atoms with E-state index in [1.807, 2.05) is 51.2 Å². The molecule has 0 aromatic carbocycles. The average molecular weight is 898 g/mol. The minimum Gasteiger partial charge on any atom is -0.460 e. The quantitative estimate of drug-likeness (QED) is 0.181. The molecule has 0 spiro atoms. The summed E-state index contributed by atoms with van der Waals surface area (Å²) in [6.07, 6.45) is 10.8. The van der Waals surface area contributed by atoms with Crippen molar-refractivity contribution in [3.8, 4) is 0 Å². The van der Waals surface area contributed by atoms with Crippen LogP contribution < -0.4 is 0 Å². The van der Waals surface area contributed by atoms with E-state index in [1.54, 1.807) is 41.1 Å². The standard InChI is InChI=1S/C50H75NO13/c1-28-14-11-10-12-15-29(2)40(60-7)26-35-19-17-33(6)50(59,64-35)47(56)48(57)51-21-13-16-36-37(24-34-18-20-38(52)42(25-34)61-8)41(63-49(58)43(36)51)27-39(53)30(3)23-32(5)45(55)46(62-9)44(54)31(4)22-28/h10-12,14-15,23,28,30-31,33-38,40-43,45-46,52,55,59H,13,16-22,24-27H2,1-9H3/b12-10+,14-11+,29-15+,32-23+/t28-,30-,31-,33-,34+,35+,36?,37+,38-,40+,41?,42-,43+,45-,46+,50-/m1/s1. The van der Waals surface area contributed by atoms with Gasteiger partial charge in [0.2, 0.25) is 5.79 Å². The third-order valence-corrected chi connectivity index (χ3v) is 14.9. The van der Waals surface area contributed by atoms with Crippen LogP contribution in [0.15, 0.2) is 47.6 Å². The van der Waals surface area contributed by atoms with E-state index in [0.29, 0.717) is 69.8 Å². The number of esters is 1. The van der Waals surface area contributed by atoms with Gasteiger partial charge >= 0.3 is 5.97 Å². The number of carbonyl (C=O) groups excluding carboxylic acids is 5. The molecule has 64 heavy (non-hydrogen) atoms. The van der Waals surface area contributed by atoms with Crippen molar-refractivity contribution in [2.45, 2.75) is 167 Å². The SMILES string of the molecule is CO[C@H]1C[C@@H]2CC[C@@H](C)[C@@](O)(O2)C(=O)C(=O)N2CCCC3[C@H](C[C@@H]4CC[C@@H](O)[C@H](OC)C4)C(CC(=O)[C@H](C)/C=C(\C)[C@@H](O)[C@@H](OC)C(=O)[C@H](C)C[C@H](C)/C=C/C=C/C=C/1C)OC(=O)[C@H]32. The molecule has 4 fully saturated rings. The first kappa shape index (κ1) is 51.6. The second-order valence-corrected chi connectivity index (χ2v) is 19.5. The Labute approximate surface area is 379 Å². The normalized spacial score (nSPS) is 43.2. The summed E-state index contributed by atoms with van der Waals surface area (Å²) in [4.78, 5) is 72.0. The number of allylic oxidation sites excluding steroid dienone is 6. The van der Waals surface area contributed by atoms with Gasteiger partial charge in [-0.1, -0.05) is 64.2 Å². The summed E-state index contributed by atoms with van der Waals surface area (Å²) >= 11 is 0. The smallest absolute Gasteiger partial charge is 0.329 e. The summed E-state index contributed by atoms with van der Waals surface area (Å²) in [5.74, 6) is -8.43. The minimum absolute atomic E-state index is 0.0231. The molecule has 3 saturated heterocycles. The van der Waals surface area contributed by atoms with Gasteiger partial charge in [-0.3, -0.25) is 19.2 Å². The van der Waals surface area contributed by atoms with Gasteiger partial charge in [-0.25, -0.2) is 4.79 Å². The predicted octanol–water partition coefficient (Wildman–Crippen LogP) is 5.40. The molecule has 0 aromatic rings. The van der Waals surface area contributed by atoms with Gasteiger partial charge in [-0.05, 0) is 101 Å². The highest BCUT2D eigenvalue weighted by Crippen LogP contribution is 2.45. The van der Waals surface area contributed by atoms with Crippen LogP contribution in [0.4, 0.5) is 0 Å². The van der Waals surface area contributed by atoms with Gasteiger partial charge in [0.1, 0.15) is 30.1 Å². The van der Waals surface area contributed by atoms with Crippen molar-refractivity contribution in [1.82, 2.24) is 4.90 Å². The zero-order valence-corrected chi connectivity index (χ0v) is 39.5. The second kappa shape index (κ2) is 22.9. The van der Waals surface area contributed by atoms with E-state index in [4.69, 9.17) is 23.7 Å². The van der Waals surface area contributed by atoms with Gasteiger partial charge in [0.25, 0.3) is 11.7 Å². The van der Waals surface area contributed by atoms with Crippen LogP contribution >= 0.6 is 0 Å². The molecule has 1 aliphatic carbocycles. The maximum atomic E-state index is 14.4. The highest BCUT2D eigenvalue weighted by atomic mass is 16.6. The molecular weight excluding hydrogens is 823 g/mol. The summed E-state index contributed by atoms with van der Waals surface area (Å²) in [5.41, 5.74) is 1.28. The van der Waals surface area contributed by atoms with Crippen molar-refractivity contribution >= 4 is 29.2 Å². The van der Waals surface area contributed by atoms with Gasteiger partial charge in [-0.2, -0.15) is 0 Å². The third-order valence-electron chi connectivity index (χ3n) is 14.9. The number of carbonyl (C=O) groups is 5. The Morgan fingerprint density at radius 1 is 0.844 bits per heavy atom. The number of piperidine rings is 1. The number of amides is 1. The lowest BCUT2D eigenvalue weighted by Gasteiger charge is -2.50. The molecule has 14 nitrogen and oxygen atoms in total. The lowest BCUT2D eigenvalue weighted by Crippen LogP contribution is -2.65. The van der Waals surface area contributed by atoms with E-state index < -0.39 is 95.7 Å². The van der Waals surface area contributed by atoms with Gasteiger partial charge in [0, 0.05) is 64.4 Å². The highest BCUT2D eigenvalue weighted by molar-refractivity contribution is 6.39. The van der Waals surface area contributed by atoms with Crippen molar-refractivity contribution in [3.05, 3.63) is 47.6 Å². The zero-order chi connectivity index (χ0) is 47.0. The van der Waals surface area contributed by atoms with E-state index in [9.17, 15) is 39.3 Å². The molecule has 14 heteroatoms. The van der Waals surface area contributed by atoms with Crippen LogP contribution in [0.5, 0.6) is 0 Å². The van der Waals surface area contributed by atoms with Crippen LogP contribution in [0.1, 0.15) is 112 Å². The van der Waals surface area contributed by atoms with Crippen LogP contribution in [0.25, 0.3) is 0 Å². The van der Waals surface area contributed by atoms with Crippen LogP contribution in [-0.4, -0.2) is 132 Å². The molecule has 5 rings (SSSR count). The Kier molecular flexibility index (Phi) is 18.5. The lowest BCUT2D eigenvalue weighted by atomic mass is 9.68. The van der Waals surface area contributed by atoms with Gasteiger partial charge in [-0.15, -0.1) is 0 Å². The Morgan fingerprint density at radius 2 is 1.58 bits per heavy atom. The molecule has 4 aliphatic heterocycles. The van der Waals surface area contributed by atoms with Crippen molar-refractivity contribution in [2.24, 2.45) is 41.4 Å². The number of rotatable bonds is 5. The number of ether oxygens (including phenoxy) is 5. The van der Waals surface area contributed by atoms with Gasteiger partial charge in [0.15, 0.2) is 5.78 Å². The van der Waals surface area contributed by atoms with E-state index in [0.717, 1.165) is 5.57 Å². The maximum Gasteiger partial charge on any atom is 0.329 e. The van der Waals surface area contributed by atoms with E-state index >= 15 is 0 Å². The number of methoxy groups -OCH3 is 3. The van der Waals surface area contributed by atoms with Gasteiger partial charge < -0.3 is 43.9 Å². The largest absolute Gasteiger partial charge is 0.460 e. The van der Waals surface area contributed by atoms with Crippen molar-refractivity contribution < 1.29 is 63.0 Å². The molecule has 4 bridgehead atoms. The Balaban J connectivity index is 1.51. The van der Waals surface area contributed by atoms with E-state index in [1.165, 1.54) is 12.0 Å². The van der Waals surface area contributed by atoms with Crippen LogP contribution in [0, 0.1) is 41.4 Å². The molecule has 5 aliphatic rings. The van der Waals surface area contributed by atoms with E-state index in [2.05, 4.69) is 0 Å². The van der Waals surface area contributed by atoms with E-state index in [-0.39, 0.29) is 42.5 Å². The molecule has 0 radical (unpaired) electrons. The Hall–Kier alpha value is -3.37. The summed E-state index contributed by atoms with van der Waals surface area (Å²) in [7, 11) is 4.52. The molecule has 2 unspecified atom stereocenters. The van der Waals surface area contributed by atoms with Crippen molar-refractivity contribution in [2.75, 3.05) is 27.9 Å². The number of aliphatic hydroxyl groups is 3. The number of fused-ring (bicyclic) bond motifs is 4. The maximum absolute atomic E-state index is 14.4. The second-order valence-electron chi connectivity index (χ2n) is 19.5. The molecule has 4 heterocycles. The summed E-state index contributed by atoms with van der Waals surface area (Å²) in [5, 5.41) is 34.1. The highest BCUT2D eigenvalue weighted by Gasteiger charge is 2.57. The van der Waals surface area contributed by atoms with Crippen molar-refractivity contribution in [1.29, 1.82) is 0 Å². The summed E-state index contributed by atoms with van der Waals surface area (Å²) in [6.45, 7) is 10.9. The molecular formula is C50H75NO13. The summed E-state index contributed by atoms with van der Waals surface area (Å²) < 4.78 is 29.4. The summed E-state index contributed by atoms with van der Waals surface area (Å²) in [6, 6.07) is -1.12. The molecule has 1 saturated carbocycles. The predicted molar refractivity (Wildman–Crippen MR) is 238 cm³/mol. The first-order chi connectivity index (χ1) is 30.3. The van der Waals surface area contributed by atoms with Crippen LogP contribution in [-0.2, 0) is 47.7 Å². The minimum atomic E-state index is -2.43. The molecule has 1 amide bonds. The third kappa shape index (κ3) is 12.0. The number of hydrogen-bond acceptors (Lipinski definition) is 13. The average Bonchev–Trinajstić information content (AvgIpc) is 3.27. The molecule has 16 atom stereocenters. The fraction of sp³-hybridized carbons (Fsp3) is 0.740. The monoisotopic (exact) mass is 898 g/mol. The first-order valence-corrected chi connectivity index (χ1v) is 23.5. The number of ketones is 3. The van der Waals surface area contributed by atoms with Crippen molar-refractivity contribution in [3.63, 3.8) is 0 Å². The lowest BCUT2D eigenvalue weighted by molar-refractivity contribution is -0.266. The molecule has 0 aromatic heterocycles. The fourth-order valence-electron chi connectivity index (χ4n) is 10.9. The zero-order valence-electron chi connectivity index (χ0n) is 39.5. The topological polar surface area (TPSA) is 195 Å². The van der Waals surface area contributed by atoms with Gasteiger partial charge in [0.05, 0.1) is 24.4 Å². The number of Topliss-reactive ketones (excluding diaryl/α,β-unsaturated/α-hetero) is 3.